The maximum absolute atomic E-state index is 12.9. The lowest BCUT2D eigenvalue weighted by Gasteiger charge is -2.01. The summed E-state index contributed by atoms with van der Waals surface area (Å²) in [7, 11) is 1.21. The van der Waals surface area contributed by atoms with E-state index >= 15 is 0 Å². The first-order chi connectivity index (χ1) is 7.13. The summed E-state index contributed by atoms with van der Waals surface area (Å²) in [5, 5.41) is 0. The summed E-state index contributed by atoms with van der Waals surface area (Å²) in [4.78, 5) is 10.7. The number of carbonyl (C=O) groups excluding carboxylic acids is 1. The number of rotatable bonds is 2. The van der Waals surface area contributed by atoms with E-state index in [2.05, 4.69) is 4.74 Å². The zero-order valence-corrected chi connectivity index (χ0v) is 9.01. The molecule has 0 bridgehead atoms. The van der Waals surface area contributed by atoms with Crippen LogP contribution in [0.2, 0.25) is 0 Å². The topological polar surface area (TPSA) is 26.3 Å². The van der Waals surface area contributed by atoms with Crippen LogP contribution < -0.4 is 0 Å². The van der Waals surface area contributed by atoms with Crippen molar-refractivity contribution in [1.82, 2.24) is 0 Å². The lowest BCUT2D eigenvalue weighted by Crippen LogP contribution is -2.06. The van der Waals surface area contributed by atoms with E-state index in [4.69, 9.17) is 0 Å². The number of halogens is 2. The van der Waals surface area contributed by atoms with E-state index in [-0.39, 0.29) is 12.0 Å². The van der Waals surface area contributed by atoms with E-state index < -0.39 is 17.6 Å². The van der Waals surface area contributed by atoms with E-state index in [0.717, 1.165) is 12.1 Å². The second kappa shape index (κ2) is 6.92. The Labute approximate surface area is 87.9 Å². The second-order valence-electron chi connectivity index (χ2n) is 2.49. The number of benzene rings is 1. The number of carbonyl (C=O) groups is 1. The second-order valence-corrected chi connectivity index (χ2v) is 2.49. The first kappa shape index (κ1) is 13.5. The Bertz CT molecular complexity index is 324. The molecule has 4 heteroatoms. The maximum Gasteiger partial charge on any atom is 0.310 e. The first-order valence-corrected chi connectivity index (χ1v) is 4.64. The van der Waals surface area contributed by atoms with Crippen molar-refractivity contribution >= 4 is 5.97 Å². The Hall–Kier alpha value is -1.45. The standard InChI is InChI=1S/C9H8F2O2.C2H6/c1-13-9(12)4-6-2-3-7(10)5-8(6)11;1-2/h2-3,5H,4H2,1H3;1-2H3. The third-order valence-corrected chi connectivity index (χ3v) is 1.58. The molecule has 0 saturated carbocycles. The molecule has 0 radical (unpaired) electrons. The number of esters is 1. The molecule has 0 aromatic heterocycles. The normalized spacial score (nSPS) is 8.87. The fourth-order valence-corrected chi connectivity index (χ4v) is 0.893. The van der Waals surface area contributed by atoms with Gasteiger partial charge in [-0.2, -0.15) is 0 Å². The number of hydrogen-bond acceptors (Lipinski definition) is 2. The van der Waals surface area contributed by atoms with Gasteiger partial charge in [-0.1, -0.05) is 19.9 Å². The molecule has 0 N–H and O–H groups in total. The van der Waals surface area contributed by atoms with Gasteiger partial charge >= 0.3 is 5.97 Å². The summed E-state index contributed by atoms with van der Waals surface area (Å²) in [6.45, 7) is 4.00. The highest BCUT2D eigenvalue weighted by molar-refractivity contribution is 5.72. The predicted molar refractivity (Wildman–Crippen MR) is 53.4 cm³/mol. The molecule has 0 unspecified atom stereocenters. The van der Waals surface area contributed by atoms with Gasteiger partial charge in [-0.3, -0.25) is 4.79 Å². The fraction of sp³-hybridized carbons (Fsp3) is 0.364. The van der Waals surface area contributed by atoms with Gasteiger partial charge in [0.15, 0.2) is 0 Å². The molecule has 0 atom stereocenters. The van der Waals surface area contributed by atoms with Gasteiger partial charge < -0.3 is 4.74 Å². The van der Waals surface area contributed by atoms with Gasteiger partial charge in [0.25, 0.3) is 0 Å². The lowest BCUT2D eigenvalue weighted by molar-refractivity contribution is -0.139. The van der Waals surface area contributed by atoms with Gasteiger partial charge in [0.2, 0.25) is 0 Å². The average Bonchev–Trinajstić information content (AvgIpc) is 2.25. The van der Waals surface area contributed by atoms with Crippen LogP contribution in [-0.4, -0.2) is 13.1 Å². The number of ether oxygens (including phenoxy) is 1. The zero-order chi connectivity index (χ0) is 11.8. The molecule has 0 aliphatic carbocycles. The smallest absolute Gasteiger partial charge is 0.310 e. The van der Waals surface area contributed by atoms with E-state index in [1.807, 2.05) is 13.8 Å². The van der Waals surface area contributed by atoms with E-state index in [1.54, 1.807) is 0 Å². The van der Waals surface area contributed by atoms with Crippen LogP contribution in [-0.2, 0) is 16.0 Å². The SMILES string of the molecule is CC.COC(=O)Cc1ccc(F)cc1F. The van der Waals surface area contributed by atoms with Crippen molar-refractivity contribution in [2.24, 2.45) is 0 Å². The van der Waals surface area contributed by atoms with Gasteiger partial charge in [0.1, 0.15) is 11.6 Å². The van der Waals surface area contributed by atoms with Crippen LogP contribution in [0.25, 0.3) is 0 Å². The third-order valence-electron chi connectivity index (χ3n) is 1.58. The van der Waals surface area contributed by atoms with Gasteiger partial charge in [0, 0.05) is 6.07 Å². The Morgan fingerprint density at radius 1 is 1.33 bits per heavy atom. The van der Waals surface area contributed by atoms with Gasteiger partial charge in [-0.25, -0.2) is 8.78 Å². The van der Waals surface area contributed by atoms with E-state index in [1.165, 1.54) is 13.2 Å². The largest absolute Gasteiger partial charge is 0.469 e. The van der Waals surface area contributed by atoms with Crippen molar-refractivity contribution in [3.05, 3.63) is 35.4 Å². The Kier molecular flexibility index (Phi) is 6.25. The highest BCUT2D eigenvalue weighted by atomic mass is 19.1. The highest BCUT2D eigenvalue weighted by Crippen LogP contribution is 2.10. The summed E-state index contributed by atoms with van der Waals surface area (Å²) < 4.78 is 29.7. The molecule has 84 valence electrons. The third kappa shape index (κ3) is 4.54. The van der Waals surface area contributed by atoms with E-state index in [9.17, 15) is 13.6 Å². The summed E-state index contributed by atoms with van der Waals surface area (Å²) in [6.07, 6.45) is -0.178. The molecule has 0 aliphatic heterocycles. The van der Waals surface area contributed by atoms with E-state index in [0.29, 0.717) is 0 Å². The van der Waals surface area contributed by atoms with Crippen LogP contribution in [0.5, 0.6) is 0 Å². The van der Waals surface area contributed by atoms with Crippen LogP contribution in [0.3, 0.4) is 0 Å². The predicted octanol–water partition coefficient (Wildman–Crippen LogP) is 2.71. The van der Waals surface area contributed by atoms with Gasteiger partial charge in [-0.15, -0.1) is 0 Å². The number of methoxy groups -OCH3 is 1. The minimum Gasteiger partial charge on any atom is -0.469 e. The minimum atomic E-state index is -0.731. The van der Waals surface area contributed by atoms with Gasteiger partial charge in [-0.05, 0) is 11.6 Å². The van der Waals surface area contributed by atoms with Crippen molar-refractivity contribution in [2.45, 2.75) is 20.3 Å². The molecule has 0 saturated heterocycles. The molecule has 1 aromatic rings. The molecule has 1 aromatic carbocycles. The van der Waals surface area contributed by atoms with Crippen molar-refractivity contribution in [3.8, 4) is 0 Å². The zero-order valence-electron chi connectivity index (χ0n) is 9.01. The summed E-state index contributed by atoms with van der Waals surface area (Å²) in [5.74, 6) is -1.94. The Balaban J connectivity index is 0.000000921. The quantitative estimate of drug-likeness (QED) is 0.710. The minimum absolute atomic E-state index is 0.133. The Morgan fingerprint density at radius 3 is 2.40 bits per heavy atom. The molecule has 0 amide bonds. The van der Waals surface area contributed by atoms with Crippen molar-refractivity contribution in [1.29, 1.82) is 0 Å². The summed E-state index contributed by atoms with van der Waals surface area (Å²) in [5.41, 5.74) is 0.133. The van der Waals surface area contributed by atoms with Gasteiger partial charge in [0.05, 0.1) is 13.5 Å². The molecular weight excluding hydrogens is 202 g/mol. The molecule has 0 aliphatic rings. The van der Waals surface area contributed by atoms with Crippen molar-refractivity contribution in [3.63, 3.8) is 0 Å². The average molecular weight is 216 g/mol. The van der Waals surface area contributed by atoms with Crippen LogP contribution in [0.4, 0.5) is 8.78 Å². The Morgan fingerprint density at radius 2 is 1.93 bits per heavy atom. The first-order valence-electron chi connectivity index (χ1n) is 4.64. The van der Waals surface area contributed by atoms with Crippen LogP contribution in [0, 0.1) is 11.6 Å². The molecule has 0 spiro atoms. The van der Waals surface area contributed by atoms with Crippen LogP contribution in [0.15, 0.2) is 18.2 Å². The highest BCUT2D eigenvalue weighted by Gasteiger charge is 2.08. The monoisotopic (exact) mass is 216 g/mol. The molecule has 0 heterocycles. The molecular formula is C11H14F2O2. The molecule has 15 heavy (non-hydrogen) atoms. The van der Waals surface area contributed by atoms with Crippen LogP contribution >= 0.6 is 0 Å². The lowest BCUT2D eigenvalue weighted by atomic mass is 10.1. The van der Waals surface area contributed by atoms with Crippen molar-refractivity contribution in [2.75, 3.05) is 7.11 Å². The summed E-state index contributed by atoms with van der Waals surface area (Å²) >= 11 is 0. The summed E-state index contributed by atoms with van der Waals surface area (Å²) in [6, 6.07) is 3.06. The molecule has 0 fully saturated rings. The molecule has 2 nitrogen and oxygen atoms in total. The molecule has 1 rings (SSSR count). The maximum atomic E-state index is 12.9. The van der Waals surface area contributed by atoms with Crippen LogP contribution in [0.1, 0.15) is 19.4 Å². The fourth-order valence-electron chi connectivity index (χ4n) is 0.893. The number of hydrogen-bond donors (Lipinski definition) is 0. The van der Waals surface area contributed by atoms with Crippen molar-refractivity contribution < 1.29 is 18.3 Å².